The van der Waals surface area contributed by atoms with Gasteiger partial charge in [0.15, 0.2) is 6.10 Å². The molecule has 1 saturated heterocycles. The number of carboxylic acid groups (broad SMARTS) is 1. The van der Waals surface area contributed by atoms with Gasteiger partial charge in [0.1, 0.15) is 48.2 Å². The Hall–Kier alpha value is -4.67. The normalized spacial score (nSPS) is 22.1. The number of aliphatic hydroxyl groups is 3. The Balaban J connectivity index is 1.52. The molecule has 2 aliphatic heterocycles. The Bertz CT molecular complexity index is 1600. The number of benzene rings is 1. The molecule has 1 aromatic carbocycles. The summed E-state index contributed by atoms with van der Waals surface area (Å²) >= 11 is 0. The summed E-state index contributed by atoms with van der Waals surface area (Å²) in [5.74, 6) is -5.67. The second-order valence-corrected chi connectivity index (χ2v) is 13.2. The van der Waals surface area contributed by atoms with Crippen LogP contribution in [0.1, 0.15) is 44.6 Å². The number of unbranched alkanes of at least 4 members (excludes halogenated alkanes) is 2. The van der Waals surface area contributed by atoms with Crippen LogP contribution in [0.2, 0.25) is 0 Å². The zero-order chi connectivity index (χ0) is 38.6. The largest absolute Gasteiger partial charge is 0.493 e. The first-order valence-electron chi connectivity index (χ1n) is 16.0. The molecule has 0 aliphatic carbocycles. The van der Waals surface area contributed by atoms with Crippen molar-refractivity contribution in [3.63, 3.8) is 0 Å². The number of amides is 4. The maximum absolute atomic E-state index is 12.8. The number of nitrogens with zero attached hydrogens (tertiary/aromatic N) is 1. The average Bonchev–Trinajstić information content (AvgIpc) is 3.38. The van der Waals surface area contributed by atoms with Gasteiger partial charge in [-0.05, 0) is 31.4 Å². The van der Waals surface area contributed by atoms with Crippen LogP contribution >= 0.6 is 0 Å². The van der Waals surface area contributed by atoms with Gasteiger partial charge in [0.2, 0.25) is 18.1 Å². The highest BCUT2D eigenvalue weighted by Gasteiger charge is 2.48. The van der Waals surface area contributed by atoms with E-state index in [9.17, 15) is 62.2 Å². The van der Waals surface area contributed by atoms with E-state index in [0.29, 0.717) is 24.8 Å². The fourth-order valence-electron chi connectivity index (χ4n) is 4.96. The molecule has 7 N–H and O–H groups in total. The van der Waals surface area contributed by atoms with Gasteiger partial charge in [-0.25, -0.2) is 4.79 Å². The predicted molar refractivity (Wildman–Crippen MR) is 173 cm³/mol. The standard InChI is InChI=1S/C31H41N3O17S/c1-17(35)49-15-18-7-8-19(50-31-27(41)25(39)26(40)28(51-31)30(43)44)14-21(18)48-13-5-11-32-29(42)20(16-52(45,46)47)33-22(36)6-3-2-4-12-34-23(37)9-10-24(34)38/h7-10,14,20,25-28,31,39-41H,2-6,11-13,15-16H2,1H3,(H,32,42)(H,33,36)(H,43,44)(H,45,46,47)/t20-,25-,26-,27+,28-,31+/m0/s1. The Morgan fingerprint density at radius 3 is 2.31 bits per heavy atom. The summed E-state index contributed by atoms with van der Waals surface area (Å²) in [6.45, 7) is 0.936. The molecule has 0 radical (unpaired) electrons. The maximum atomic E-state index is 12.8. The number of carbonyl (C=O) groups is 6. The summed E-state index contributed by atoms with van der Waals surface area (Å²) in [6, 6.07) is 2.45. The summed E-state index contributed by atoms with van der Waals surface area (Å²) in [5, 5.41) is 44.2. The highest BCUT2D eigenvalue weighted by molar-refractivity contribution is 7.85. The van der Waals surface area contributed by atoms with Crippen LogP contribution in [0.25, 0.3) is 0 Å². The van der Waals surface area contributed by atoms with Crippen LogP contribution in [-0.4, -0.2) is 136 Å². The third-order valence-corrected chi connectivity index (χ3v) is 8.38. The van der Waals surface area contributed by atoms with E-state index in [4.69, 9.17) is 18.9 Å². The number of imide groups is 1. The number of aliphatic hydroxyl groups excluding tert-OH is 3. The second-order valence-electron chi connectivity index (χ2n) is 11.7. The molecule has 1 fully saturated rings. The minimum Gasteiger partial charge on any atom is -0.493 e. The monoisotopic (exact) mass is 759 g/mol. The number of ether oxygens (including phenoxy) is 4. The topological polar surface area (TPSA) is 302 Å². The molecule has 2 aliphatic rings. The van der Waals surface area contributed by atoms with Gasteiger partial charge in [-0.2, -0.15) is 8.42 Å². The molecule has 0 bridgehead atoms. The third-order valence-electron chi connectivity index (χ3n) is 7.63. The molecule has 288 valence electrons. The molecule has 1 aromatic rings. The van der Waals surface area contributed by atoms with Crippen molar-refractivity contribution in [1.29, 1.82) is 0 Å². The number of nitrogens with one attached hydrogen (secondary N) is 2. The summed E-state index contributed by atoms with van der Waals surface area (Å²) in [7, 11) is -4.69. The number of carboxylic acids is 1. The highest BCUT2D eigenvalue weighted by atomic mass is 32.2. The van der Waals surface area contributed by atoms with Gasteiger partial charge in [0, 0.05) is 50.2 Å². The zero-order valence-electron chi connectivity index (χ0n) is 27.9. The molecular formula is C31H41N3O17S. The SMILES string of the molecule is CC(=O)OCc1ccc(O[C@@H]2O[C@H](C(=O)O)[C@@H](O)[C@H](O)[C@H]2O)cc1OCCCNC(=O)[C@H](CS(=O)(=O)O)NC(=O)CCCCCN1C(=O)C=CC1=O. The van der Waals surface area contributed by atoms with E-state index in [0.717, 1.165) is 17.1 Å². The summed E-state index contributed by atoms with van der Waals surface area (Å²) < 4.78 is 53.8. The van der Waals surface area contributed by atoms with E-state index in [2.05, 4.69) is 10.6 Å². The van der Waals surface area contributed by atoms with Crippen molar-refractivity contribution in [2.75, 3.05) is 25.4 Å². The van der Waals surface area contributed by atoms with Crippen LogP contribution in [0.4, 0.5) is 0 Å². The van der Waals surface area contributed by atoms with Gasteiger partial charge < -0.3 is 50.0 Å². The Kier molecular flexibility index (Phi) is 15.5. The summed E-state index contributed by atoms with van der Waals surface area (Å²) in [5.41, 5.74) is 0.349. The fourth-order valence-corrected chi connectivity index (χ4v) is 5.61. The molecule has 0 saturated carbocycles. The predicted octanol–water partition coefficient (Wildman–Crippen LogP) is -2.24. The fraction of sp³-hybridized carbons (Fsp3) is 0.548. The molecular weight excluding hydrogens is 718 g/mol. The Labute approximate surface area is 297 Å². The van der Waals surface area contributed by atoms with Crippen LogP contribution in [0.15, 0.2) is 30.4 Å². The lowest BCUT2D eigenvalue weighted by Gasteiger charge is -2.38. The van der Waals surface area contributed by atoms with Crippen LogP contribution in [-0.2, 0) is 55.0 Å². The van der Waals surface area contributed by atoms with Crippen molar-refractivity contribution in [1.82, 2.24) is 15.5 Å². The van der Waals surface area contributed by atoms with Gasteiger partial charge >= 0.3 is 11.9 Å². The Morgan fingerprint density at radius 1 is 0.981 bits per heavy atom. The van der Waals surface area contributed by atoms with Crippen LogP contribution < -0.4 is 20.1 Å². The van der Waals surface area contributed by atoms with Crippen molar-refractivity contribution in [3.05, 3.63) is 35.9 Å². The first-order chi connectivity index (χ1) is 24.5. The number of rotatable bonds is 20. The summed E-state index contributed by atoms with van der Waals surface area (Å²) in [4.78, 5) is 72.3. The number of hydrogen-bond acceptors (Lipinski definition) is 15. The molecule has 21 heteroatoms. The van der Waals surface area contributed by atoms with E-state index in [1.807, 2.05) is 0 Å². The lowest BCUT2D eigenvalue weighted by atomic mass is 9.99. The lowest BCUT2D eigenvalue weighted by molar-refractivity contribution is -0.271. The van der Waals surface area contributed by atoms with Crippen molar-refractivity contribution < 1.29 is 81.1 Å². The average molecular weight is 760 g/mol. The smallest absolute Gasteiger partial charge is 0.335 e. The van der Waals surface area contributed by atoms with E-state index >= 15 is 0 Å². The number of esters is 1. The van der Waals surface area contributed by atoms with Gasteiger partial charge in [-0.3, -0.25) is 33.4 Å². The molecule has 2 heterocycles. The van der Waals surface area contributed by atoms with Gasteiger partial charge in [0.25, 0.3) is 21.9 Å². The molecule has 4 amide bonds. The molecule has 6 atom stereocenters. The molecule has 3 rings (SSSR count). The minimum atomic E-state index is -4.69. The number of aliphatic carboxylic acids is 1. The van der Waals surface area contributed by atoms with Gasteiger partial charge in [-0.15, -0.1) is 0 Å². The van der Waals surface area contributed by atoms with Crippen LogP contribution in [0, 0.1) is 0 Å². The van der Waals surface area contributed by atoms with Gasteiger partial charge in [0.05, 0.1) is 6.61 Å². The molecule has 20 nitrogen and oxygen atoms in total. The maximum Gasteiger partial charge on any atom is 0.335 e. The number of carbonyl (C=O) groups excluding carboxylic acids is 5. The van der Waals surface area contributed by atoms with E-state index in [1.54, 1.807) is 0 Å². The minimum absolute atomic E-state index is 0.0375. The van der Waals surface area contributed by atoms with Crippen LogP contribution in [0.5, 0.6) is 11.5 Å². The van der Waals surface area contributed by atoms with Crippen molar-refractivity contribution in [2.45, 2.75) is 82.4 Å². The third kappa shape index (κ3) is 12.8. The molecule has 0 unspecified atom stereocenters. The second kappa shape index (κ2) is 19.2. The van der Waals surface area contributed by atoms with Crippen LogP contribution in [0.3, 0.4) is 0 Å². The van der Waals surface area contributed by atoms with E-state index < -0.39 is 88.2 Å². The zero-order valence-corrected chi connectivity index (χ0v) is 28.7. The lowest BCUT2D eigenvalue weighted by Crippen LogP contribution is -2.61. The molecule has 0 spiro atoms. The van der Waals surface area contributed by atoms with Crippen molar-refractivity contribution >= 4 is 45.7 Å². The van der Waals surface area contributed by atoms with Gasteiger partial charge in [-0.1, -0.05) is 6.42 Å². The molecule has 0 aromatic heterocycles. The highest BCUT2D eigenvalue weighted by Crippen LogP contribution is 2.30. The van der Waals surface area contributed by atoms with E-state index in [-0.39, 0.29) is 50.6 Å². The Morgan fingerprint density at radius 2 is 1.67 bits per heavy atom. The first-order valence-corrected chi connectivity index (χ1v) is 17.6. The first kappa shape index (κ1) is 41.7. The van der Waals surface area contributed by atoms with Crippen molar-refractivity contribution in [2.24, 2.45) is 0 Å². The number of hydrogen-bond donors (Lipinski definition) is 7. The molecule has 52 heavy (non-hydrogen) atoms. The van der Waals surface area contributed by atoms with E-state index in [1.165, 1.54) is 25.1 Å². The van der Waals surface area contributed by atoms with Crippen molar-refractivity contribution in [3.8, 4) is 11.5 Å². The summed E-state index contributed by atoms with van der Waals surface area (Å²) in [6.07, 6.45) is -5.78. The quantitative estimate of drug-likeness (QED) is 0.0320.